The van der Waals surface area contributed by atoms with Crippen LogP contribution in [0.5, 0.6) is 5.88 Å². The van der Waals surface area contributed by atoms with Crippen LogP contribution in [0.25, 0.3) is 16.9 Å². The van der Waals surface area contributed by atoms with Crippen molar-refractivity contribution in [2.24, 2.45) is 0 Å². The van der Waals surface area contributed by atoms with E-state index in [9.17, 15) is 4.79 Å². The Bertz CT molecular complexity index is 1180. The number of amides is 1. The molecule has 4 heterocycles. The van der Waals surface area contributed by atoms with Gasteiger partial charge < -0.3 is 19.7 Å². The van der Waals surface area contributed by atoms with E-state index in [0.717, 1.165) is 31.2 Å². The molecule has 1 fully saturated rings. The van der Waals surface area contributed by atoms with E-state index in [0.29, 0.717) is 31.1 Å². The molecule has 1 atom stereocenters. The minimum absolute atomic E-state index is 0.0489. The molecule has 0 aromatic carbocycles. The van der Waals surface area contributed by atoms with Crippen molar-refractivity contribution in [3.05, 3.63) is 36.4 Å². The maximum atomic E-state index is 15.4. The zero-order valence-corrected chi connectivity index (χ0v) is 20.8. The predicted molar refractivity (Wildman–Crippen MR) is 131 cm³/mol. The van der Waals surface area contributed by atoms with E-state index in [-0.39, 0.29) is 23.8 Å². The molecular formula is C25H33FN6O3. The lowest BCUT2D eigenvalue weighted by molar-refractivity contribution is 0.0206. The highest BCUT2D eigenvalue weighted by atomic mass is 19.1. The SMILES string of the molecule is CCCCOc1nc(-c2cnn3ccccc23)nc(N[C@@H]2CCCN(C(=O)OC(C)(C)C)C2)c1F. The summed E-state index contributed by atoms with van der Waals surface area (Å²) in [4.78, 5) is 23.1. The van der Waals surface area contributed by atoms with E-state index in [1.165, 1.54) is 0 Å². The molecule has 1 saturated heterocycles. The summed E-state index contributed by atoms with van der Waals surface area (Å²) in [5, 5.41) is 7.55. The van der Waals surface area contributed by atoms with Crippen molar-refractivity contribution in [1.82, 2.24) is 24.5 Å². The lowest BCUT2D eigenvalue weighted by atomic mass is 10.1. The van der Waals surface area contributed by atoms with Gasteiger partial charge in [0.15, 0.2) is 11.6 Å². The zero-order chi connectivity index (χ0) is 25.0. The third-order valence-electron chi connectivity index (χ3n) is 5.64. The highest BCUT2D eigenvalue weighted by Crippen LogP contribution is 2.29. The van der Waals surface area contributed by atoms with Crippen molar-refractivity contribution in [1.29, 1.82) is 0 Å². The van der Waals surface area contributed by atoms with Gasteiger partial charge in [-0.3, -0.25) is 0 Å². The molecule has 0 aliphatic carbocycles. The highest BCUT2D eigenvalue weighted by molar-refractivity contribution is 5.76. The third kappa shape index (κ3) is 5.98. The lowest BCUT2D eigenvalue weighted by Gasteiger charge is -2.34. The number of halogens is 1. The van der Waals surface area contributed by atoms with Crippen molar-refractivity contribution < 1.29 is 18.7 Å². The first-order valence-corrected chi connectivity index (χ1v) is 12.1. The molecule has 188 valence electrons. The van der Waals surface area contributed by atoms with E-state index in [4.69, 9.17) is 9.47 Å². The number of hydrogen-bond donors (Lipinski definition) is 1. The van der Waals surface area contributed by atoms with Crippen LogP contribution in [0, 0.1) is 5.82 Å². The fourth-order valence-corrected chi connectivity index (χ4v) is 3.94. The Morgan fingerprint density at radius 2 is 2.11 bits per heavy atom. The molecule has 3 aromatic heterocycles. The number of nitrogens with zero attached hydrogens (tertiary/aromatic N) is 5. The Morgan fingerprint density at radius 3 is 2.89 bits per heavy atom. The minimum Gasteiger partial charge on any atom is -0.475 e. The van der Waals surface area contributed by atoms with Crippen LogP contribution in [0.2, 0.25) is 0 Å². The van der Waals surface area contributed by atoms with Crippen LogP contribution in [0.4, 0.5) is 15.0 Å². The number of nitrogens with one attached hydrogen (secondary N) is 1. The van der Waals surface area contributed by atoms with Crippen LogP contribution in [0.3, 0.4) is 0 Å². The van der Waals surface area contributed by atoms with Gasteiger partial charge >= 0.3 is 6.09 Å². The van der Waals surface area contributed by atoms with Crippen LogP contribution < -0.4 is 10.1 Å². The number of unbranched alkanes of at least 4 members (excludes halogenated alkanes) is 1. The summed E-state index contributed by atoms with van der Waals surface area (Å²) in [5.74, 6) is -0.369. The monoisotopic (exact) mass is 484 g/mol. The van der Waals surface area contributed by atoms with Gasteiger partial charge in [0.1, 0.15) is 5.60 Å². The molecule has 35 heavy (non-hydrogen) atoms. The van der Waals surface area contributed by atoms with Crippen LogP contribution in [0.15, 0.2) is 30.6 Å². The first-order valence-electron chi connectivity index (χ1n) is 12.1. The zero-order valence-electron chi connectivity index (χ0n) is 20.8. The molecule has 1 aliphatic heterocycles. The van der Waals surface area contributed by atoms with Gasteiger partial charge in [-0.15, -0.1) is 0 Å². The Hall–Kier alpha value is -3.43. The minimum atomic E-state index is -0.643. The summed E-state index contributed by atoms with van der Waals surface area (Å²) in [6.07, 6.45) is 6.35. The fraction of sp³-hybridized carbons (Fsp3) is 0.520. The summed E-state index contributed by atoms with van der Waals surface area (Å²) in [6, 6.07) is 5.48. The van der Waals surface area contributed by atoms with Gasteiger partial charge in [-0.25, -0.2) is 14.3 Å². The van der Waals surface area contributed by atoms with Gasteiger partial charge in [0.25, 0.3) is 5.88 Å². The topological polar surface area (TPSA) is 93.9 Å². The van der Waals surface area contributed by atoms with E-state index < -0.39 is 11.4 Å². The van der Waals surface area contributed by atoms with Crippen LogP contribution >= 0.6 is 0 Å². The van der Waals surface area contributed by atoms with Crippen molar-refractivity contribution in [2.75, 3.05) is 25.0 Å². The van der Waals surface area contributed by atoms with Gasteiger partial charge in [0.05, 0.1) is 23.9 Å². The second kappa shape index (κ2) is 10.5. The number of aromatic nitrogens is 4. The van der Waals surface area contributed by atoms with Crippen LogP contribution in [0.1, 0.15) is 53.4 Å². The average Bonchev–Trinajstić information content (AvgIpc) is 3.25. The largest absolute Gasteiger partial charge is 0.475 e. The lowest BCUT2D eigenvalue weighted by Crippen LogP contribution is -2.47. The first-order chi connectivity index (χ1) is 16.7. The van der Waals surface area contributed by atoms with Gasteiger partial charge in [-0.2, -0.15) is 14.5 Å². The summed E-state index contributed by atoms with van der Waals surface area (Å²) in [5.41, 5.74) is 0.899. The Morgan fingerprint density at radius 1 is 1.29 bits per heavy atom. The average molecular weight is 485 g/mol. The van der Waals surface area contributed by atoms with Crippen LogP contribution in [-0.2, 0) is 4.74 Å². The number of likely N-dealkylation sites (tertiary alicyclic amines) is 1. The van der Waals surface area contributed by atoms with E-state index in [1.54, 1.807) is 15.6 Å². The molecule has 0 saturated carbocycles. The molecule has 10 heteroatoms. The summed E-state index contributed by atoms with van der Waals surface area (Å²) in [6.45, 7) is 8.88. The third-order valence-corrected chi connectivity index (χ3v) is 5.64. The fourth-order valence-electron chi connectivity index (χ4n) is 3.94. The molecule has 4 rings (SSSR count). The molecule has 1 aliphatic rings. The number of piperidine rings is 1. The predicted octanol–water partition coefficient (Wildman–Crippen LogP) is 4.92. The van der Waals surface area contributed by atoms with Crippen LogP contribution in [-0.4, -0.2) is 61.9 Å². The van der Waals surface area contributed by atoms with Gasteiger partial charge in [-0.05, 0) is 52.2 Å². The highest BCUT2D eigenvalue weighted by Gasteiger charge is 2.29. The van der Waals surface area contributed by atoms with Gasteiger partial charge in [0.2, 0.25) is 5.82 Å². The molecule has 0 spiro atoms. The quantitative estimate of drug-likeness (QED) is 0.476. The smallest absolute Gasteiger partial charge is 0.410 e. The molecule has 9 nitrogen and oxygen atoms in total. The summed E-state index contributed by atoms with van der Waals surface area (Å²) in [7, 11) is 0. The number of rotatable bonds is 7. The van der Waals surface area contributed by atoms with E-state index in [1.807, 2.05) is 52.1 Å². The molecule has 1 N–H and O–H groups in total. The summed E-state index contributed by atoms with van der Waals surface area (Å²) < 4.78 is 28.4. The number of carbonyl (C=O) groups excluding carboxylic acids is 1. The number of pyridine rings is 1. The standard InChI is InChI=1S/C25H33FN6O3/c1-5-6-14-34-23-20(26)22(28-17-10-9-12-31(16-17)24(33)35-25(2,3)4)29-21(30-23)18-15-27-32-13-8-7-11-19(18)32/h7-8,11,13,15,17H,5-6,9-10,12,14,16H2,1-4H3,(H,28,29,30)/t17-/m1/s1. The number of fused-ring (bicyclic) bond motifs is 1. The number of anilines is 1. The molecular weight excluding hydrogens is 451 g/mol. The summed E-state index contributed by atoms with van der Waals surface area (Å²) >= 11 is 0. The van der Waals surface area contributed by atoms with Crippen molar-refractivity contribution in [3.8, 4) is 17.3 Å². The van der Waals surface area contributed by atoms with Crippen molar-refractivity contribution >= 4 is 17.4 Å². The Balaban J connectivity index is 1.61. The molecule has 3 aromatic rings. The maximum Gasteiger partial charge on any atom is 0.410 e. The van der Waals surface area contributed by atoms with Crippen molar-refractivity contribution in [3.63, 3.8) is 0 Å². The second-order valence-electron chi connectivity index (χ2n) is 9.72. The molecule has 1 amide bonds. The second-order valence-corrected chi connectivity index (χ2v) is 9.72. The molecule has 0 unspecified atom stereocenters. The normalized spacial score (nSPS) is 16.4. The van der Waals surface area contributed by atoms with Gasteiger partial charge in [0, 0.05) is 25.3 Å². The number of ether oxygens (including phenoxy) is 2. The Labute approximate surface area is 204 Å². The van der Waals surface area contributed by atoms with E-state index in [2.05, 4.69) is 20.4 Å². The number of carbonyl (C=O) groups is 1. The van der Waals surface area contributed by atoms with E-state index >= 15 is 4.39 Å². The number of hydrogen-bond acceptors (Lipinski definition) is 7. The first kappa shape index (κ1) is 24.7. The molecule has 0 bridgehead atoms. The molecule has 0 radical (unpaired) electrons. The maximum absolute atomic E-state index is 15.4. The Kier molecular flexibility index (Phi) is 7.37. The van der Waals surface area contributed by atoms with Gasteiger partial charge in [-0.1, -0.05) is 19.4 Å². The van der Waals surface area contributed by atoms with Crippen molar-refractivity contribution in [2.45, 2.75) is 65.0 Å².